The molecule has 146 valence electrons. The highest BCUT2D eigenvalue weighted by atomic mass is 32.2. The van der Waals surface area contributed by atoms with Gasteiger partial charge in [0, 0.05) is 18.8 Å². The van der Waals surface area contributed by atoms with E-state index in [1.807, 2.05) is 18.2 Å². The zero-order valence-corrected chi connectivity index (χ0v) is 17.0. The predicted molar refractivity (Wildman–Crippen MR) is 107 cm³/mol. The molecule has 2 aromatic carbocycles. The van der Waals surface area contributed by atoms with Gasteiger partial charge in [-0.3, -0.25) is 4.79 Å². The molecule has 0 spiro atoms. The van der Waals surface area contributed by atoms with E-state index in [0.29, 0.717) is 30.1 Å². The van der Waals surface area contributed by atoms with Gasteiger partial charge in [0.05, 0.1) is 18.4 Å². The third-order valence-electron chi connectivity index (χ3n) is 4.29. The number of nitrogens with zero attached hydrogens (tertiary/aromatic N) is 1. The largest absolute Gasteiger partial charge is 0.497 e. The van der Waals surface area contributed by atoms with E-state index in [1.165, 1.54) is 10.4 Å². The van der Waals surface area contributed by atoms with Crippen LogP contribution in [0.1, 0.15) is 25.0 Å². The third-order valence-corrected chi connectivity index (χ3v) is 6.49. The van der Waals surface area contributed by atoms with E-state index in [9.17, 15) is 13.2 Å². The lowest BCUT2D eigenvalue weighted by Crippen LogP contribution is -2.31. The first-order valence-electron chi connectivity index (χ1n) is 8.85. The Balaban J connectivity index is 2.21. The molecular formula is C20H26N2O4S. The molecule has 0 saturated heterocycles. The number of aryl methyl sites for hydroxylation is 1. The second-order valence-electron chi connectivity index (χ2n) is 6.15. The standard InChI is InChI=1S/C20H26N2O4S/c1-5-22(6-2)27(24,25)19-14-17(11-10-15(19)3)21-20(23)13-16-8-7-9-18(12-16)26-4/h7-12,14H,5-6,13H2,1-4H3,(H,21,23). The summed E-state index contributed by atoms with van der Waals surface area (Å²) in [5, 5.41) is 2.78. The lowest BCUT2D eigenvalue weighted by molar-refractivity contribution is -0.115. The molecule has 0 saturated carbocycles. The molecule has 2 aromatic rings. The number of hydrogen-bond donors (Lipinski definition) is 1. The van der Waals surface area contributed by atoms with Crippen LogP contribution in [-0.4, -0.2) is 38.8 Å². The normalized spacial score (nSPS) is 11.4. The summed E-state index contributed by atoms with van der Waals surface area (Å²) in [5.74, 6) is 0.460. The van der Waals surface area contributed by atoms with E-state index in [-0.39, 0.29) is 17.2 Å². The van der Waals surface area contributed by atoms with Gasteiger partial charge < -0.3 is 10.1 Å². The fourth-order valence-electron chi connectivity index (χ4n) is 2.83. The van der Waals surface area contributed by atoms with E-state index < -0.39 is 10.0 Å². The predicted octanol–water partition coefficient (Wildman–Crippen LogP) is 3.22. The van der Waals surface area contributed by atoms with Gasteiger partial charge in [-0.05, 0) is 42.3 Å². The van der Waals surface area contributed by atoms with Crippen molar-refractivity contribution in [3.8, 4) is 5.75 Å². The summed E-state index contributed by atoms with van der Waals surface area (Å²) in [6.07, 6.45) is 0.170. The summed E-state index contributed by atoms with van der Waals surface area (Å²) in [4.78, 5) is 12.6. The molecule has 0 aliphatic rings. The van der Waals surface area contributed by atoms with E-state index in [0.717, 1.165) is 5.56 Å². The van der Waals surface area contributed by atoms with Crippen LogP contribution < -0.4 is 10.1 Å². The van der Waals surface area contributed by atoms with Crippen LogP contribution in [0.3, 0.4) is 0 Å². The molecule has 0 unspecified atom stereocenters. The quantitative estimate of drug-likeness (QED) is 0.751. The molecule has 0 aliphatic heterocycles. The fourth-order valence-corrected chi connectivity index (χ4v) is 4.54. The molecule has 0 aliphatic carbocycles. The number of amides is 1. The van der Waals surface area contributed by atoms with Crippen LogP contribution in [0.4, 0.5) is 5.69 Å². The lowest BCUT2D eigenvalue weighted by Gasteiger charge is -2.20. The number of rotatable bonds is 8. The smallest absolute Gasteiger partial charge is 0.243 e. The molecule has 0 radical (unpaired) electrons. The van der Waals surface area contributed by atoms with Crippen LogP contribution in [0.15, 0.2) is 47.4 Å². The summed E-state index contributed by atoms with van der Waals surface area (Å²) in [7, 11) is -2.02. The van der Waals surface area contributed by atoms with Gasteiger partial charge in [0.2, 0.25) is 15.9 Å². The second-order valence-corrected chi connectivity index (χ2v) is 8.05. The molecule has 0 bridgehead atoms. The molecule has 27 heavy (non-hydrogen) atoms. The van der Waals surface area contributed by atoms with Crippen molar-refractivity contribution in [1.29, 1.82) is 0 Å². The van der Waals surface area contributed by atoms with Crippen molar-refractivity contribution in [2.75, 3.05) is 25.5 Å². The number of carbonyl (C=O) groups is 1. The topological polar surface area (TPSA) is 75.7 Å². The Bertz CT molecular complexity index is 906. The van der Waals surface area contributed by atoms with Crippen molar-refractivity contribution in [2.24, 2.45) is 0 Å². The molecule has 7 heteroatoms. The summed E-state index contributed by atoms with van der Waals surface area (Å²) >= 11 is 0. The van der Waals surface area contributed by atoms with Crippen LogP contribution in [0.25, 0.3) is 0 Å². The van der Waals surface area contributed by atoms with Crippen LogP contribution >= 0.6 is 0 Å². The van der Waals surface area contributed by atoms with Gasteiger partial charge >= 0.3 is 0 Å². The van der Waals surface area contributed by atoms with Gasteiger partial charge in [0.1, 0.15) is 5.75 Å². The molecule has 1 amide bonds. The zero-order chi connectivity index (χ0) is 20.0. The summed E-state index contributed by atoms with van der Waals surface area (Å²) in [6.45, 7) is 6.14. The van der Waals surface area contributed by atoms with Gasteiger partial charge in [-0.1, -0.05) is 32.0 Å². The van der Waals surface area contributed by atoms with Crippen LogP contribution in [0, 0.1) is 6.92 Å². The first-order chi connectivity index (χ1) is 12.8. The average Bonchev–Trinajstić information content (AvgIpc) is 2.64. The number of hydrogen-bond acceptors (Lipinski definition) is 4. The second kappa shape index (κ2) is 9.01. The minimum absolute atomic E-state index is 0.170. The van der Waals surface area contributed by atoms with Crippen molar-refractivity contribution in [1.82, 2.24) is 4.31 Å². The maximum atomic E-state index is 12.8. The molecule has 2 rings (SSSR count). The Kier molecular flexibility index (Phi) is 6.98. The van der Waals surface area contributed by atoms with Gasteiger partial charge in [0.15, 0.2) is 0 Å². The average molecular weight is 391 g/mol. The van der Waals surface area contributed by atoms with Crippen LogP contribution in [0.5, 0.6) is 5.75 Å². The van der Waals surface area contributed by atoms with Crippen molar-refractivity contribution in [3.05, 3.63) is 53.6 Å². The van der Waals surface area contributed by atoms with E-state index in [4.69, 9.17) is 4.74 Å². The Morgan fingerprint density at radius 1 is 1.11 bits per heavy atom. The van der Waals surface area contributed by atoms with Gasteiger partial charge in [0.25, 0.3) is 0 Å². The lowest BCUT2D eigenvalue weighted by atomic mass is 10.1. The number of benzene rings is 2. The van der Waals surface area contributed by atoms with Gasteiger partial charge in [-0.15, -0.1) is 0 Å². The number of methoxy groups -OCH3 is 1. The first-order valence-corrected chi connectivity index (χ1v) is 10.3. The number of ether oxygens (including phenoxy) is 1. The minimum atomic E-state index is -3.59. The molecule has 0 heterocycles. The van der Waals surface area contributed by atoms with Crippen molar-refractivity contribution in [2.45, 2.75) is 32.1 Å². The Labute approximate surface area is 161 Å². The Morgan fingerprint density at radius 3 is 2.44 bits per heavy atom. The molecule has 0 fully saturated rings. The van der Waals surface area contributed by atoms with Crippen LogP contribution in [-0.2, 0) is 21.2 Å². The van der Waals surface area contributed by atoms with E-state index >= 15 is 0 Å². The highest BCUT2D eigenvalue weighted by Crippen LogP contribution is 2.24. The number of carbonyl (C=O) groups excluding carboxylic acids is 1. The van der Waals surface area contributed by atoms with Crippen molar-refractivity contribution < 1.29 is 17.9 Å². The number of anilines is 1. The third kappa shape index (κ3) is 5.08. The molecular weight excluding hydrogens is 364 g/mol. The monoisotopic (exact) mass is 390 g/mol. The SMILES string of the molecule is CCN(CC)S(=O)(=O)c1cc(NC(=O)Cc2cccc(OC)c2)ccc1C. The minimum Gasteiger partial charge on any atom is -0.497 e. The van der Waals surface area contributed by atoms with Crippen molar-refractivity contribution in [3.63, 3.8) is 0 Å². The highest BCUT2D eigenvalue weighted by molar-refractivity contribution is 7.89. The van der Waals surface area contributed by atoms with Gasteiger partial charge in [-0.2, -0.15) is 4.31 Å². The molecule has 1 N–H and O–H groups in total. The molecule has 6 nitrogen and oxygen atoms in total. The summed E-state index contributed by atoms with van der Waals surface area (Å²) in [5.41, 5.74) is 1.92. The fraction of sp³-hybridized carbons (Fsp3) is 0.350. The summed E-state index contributed by atoms with van der Waals surface area (Å²) in [6, 6.07) is 12.2. The maximum absolute atomic E-state index is 12.8. The molecule has 0 atom stereocenters. The molecule has 0 aromatic heterocycles. The van der Waals surface area contributed by atoms with E-state index in [2.05, 4.69) is 5.32 Å². The van der Waals surface area contributed by atoms with Crippen LogP contribution in [0.2, 0.25) is 0 Å². The van der Waals surface area contributed by atoms with Crippen molar-refractivity contribution >= 4 is 21.6 Å². The number of nitrogens with one attached hydrogen (secondary N) is 1. The Hall–Kier alpha value is -2.38. The highest BCUT2D eigenvalue weighted by Gasteiger charge is 2.24. The maximum Gasteiger partial charge on any atom is 0.243 e. The number of sulfonamides is 1. The van der Waals surface area contributed by atoms with Gasteiger partial charge in [-0.25, -0.2) is 8.42 Å². The first kappa shape index (κ1) is 20.9. The Morgan fingerprint density at radius 2 is 1.81 bits per heavy atom. The summed E-state index contributed by atoms with van der Waals surface area (Å²) < 4.78 is 32.2. The van der Waals surface area contributed by atoms with E-state index in [1.54, 1.807) is 46.1 Å². The zero-order valence-electron chi connectivity index (χ0n) is 16.2.